The molecule has 110 valence electrons. The molecule has 3 rings (SSSR count). The molecule has 0 spiro atoms. The molecule has 21 heavy (non-hydrogen) atoms. The minimum atomic E-state index is -0.387. The summed E-state index contributed by atoms with van der Waals surface area (Å²) < 4.78 is 13.7. The number of nitrogens with zero attached hydrogens (tertiary/aromatic N) is 1. The molecule has 0 aliphatic carbocycles. The van der Waals surface area contributed by atoms with E-state index in [2.05, 4.69) is 21.7 Å². The Morgan fingerprint density at radius 2 is 2.29 bits per heavy atom. The van der Waals surface area contributed by atoms with Gasteiger partial charge in [-0.15, -0.1) is 11.3 Å². The van der Waals surface area contributed by atoms with Crippen molar-refractivity contribution < 1.29 is 9.18 Å². The van der Waals surface area contributed by atoms with Gasteiger partial charge in [0.25, 0.3) is 0 Å². The molecule has 0 fully saturated rings. The number of amides is 1. The third-order valence-corrected chi connectivity index (χ3v) is 4.68. The molecule has 2 aromatic rings. The summed E-state index contributed by atoms with van der Waals surface area (Å²) in [6.45, 7) is 3.78. The number of anilines is 1. The van der Waals surface area contributed by atoms with Crippen LogP contribution in [0.15, 0.2) is 29.6 Å². The van der Waals surface area contributed by atoms with Gasteiger partial charge in [-0.2, -0.15) is 0 Å². The summed E-state index contributed by atoms with van der Waals surface area (Å²) in [7, 11) is 0. The first-order valence-electron chi connectivity index (χ1n) is 6.95. The highest BCUT2D eigenvalue weighted by atomic mass is 32.1. The van der Waals surface area contributed by atoms with Crippen LogP contribution in [0.5, 0.6) is 0 Å². The second-order valence-corrected chi connectivity index (χ2v) is 6.36. The smallest absolute Gasteiger partial charge is 0.238 e. The number of hydrogen-bond donors (Lipinski definition) is 1. The second-order valence-electron chi connectivity index (χ2n) is 5.36. The van der Waals surface area contributed by atoms with Crippen LogP contribution in [0, 0.1) is 12.7 Å². The molecule has 3 nitrogen and oxygen atoms in total. The zero-order valence-corrected chi connectivity index (χ0v) is 12.7. The van der Waals surface area contributed by atoms with Gasteiger partial charge in [-0.1, -0.05) is 6.07 Å². The van der Waals surface area contributed by atoms with E-state index in [1.165, 1.54) is 16.5 Å². The van der Waals surface area contributed by atoms with Crippen molar-refractivity contribution >= 4 is 22.9 Å². The predicted molar refractivity (Wildman–Crippen MR) is 83.1 cm³/mol. The molecule has 1 N–H and O–H groups in total. The molecule has 2 heterocycles. The number of aryl methyl sites for hydroxylation is 1. The van der Waals surface area contributed by atoms with Crippen LogP contribution in [-0.4, -0.2) is 23.9 Å². The molecule has 1 aliphatic rings. The fraction of sp³-hybridized carbons (Fsp3) is 0.312. The molecular weight excluding hydrogens is 287 g/mol. The van der Waals surface area contributed by atoms with Crippen molar-refractivity contribution in [2.75, 3.05) is 18.4 Å². The maximum absolute atomic E-state index is 13.7. The monoisotopic (exact) mass is 304 g/mol. The standard InChI is InChI=1S/C16H17FN2OS/c1-11-2-3-14(13(17)8-11)18-16(20)10-19-6-4-15-12(9-19)5-7-21-15/h2-3,5,7-8H,4,6,9-10H2,1H3,(H,18,20). The van der Waals surface area contributed by atoms with Gasteiger partial charge in [-0.25, -0.2) is 4.39 Å². The zero-order valence-electron chi connectivity index (χ0n) is 11.9. The van der Waals surface area contributed by atoms with Crippen molar-refractivity contribution in [2.24, 2.45) is 0 Å². The minimum absolute atomic E-state index is 0.170. The van der Waals surface area contributed by atoms with Gasteiger partial charge in [0.2, 0.25) is 5.91 Å². The van der Waals surface area contributed by atoms with Gasteiger partial charge in [0.1, 0.15) is 5.82 Å². The molecule has 0 radical (unpaired) electrons. The molecule has 0 saturated carbocycles. The Bertz CT molecular complexity index is 668. The fourth-order valence-corrected chi connectivity index (χ4v) is 3.45. The quantitative estimate of drug-likeness (QED) is 0.944. The van der Waals surface area contributed by atoms with E-state index in [0.29, 0.717) is 6.54 Å². The lowest BCUT2D eigenvalue weighted by Crippen LogP contribution is -2.36. The maximum Gasteiger partial charge on any atom is 0.238 e. The number of halogens is 1. The number of thiophene rings is 1. The molecule has 1 aromatic heterocycles. The van der Waals surface area contributed by atoms with E-state index < -0.39 is 0 Å². The van der Waals surface area contributed by atoms with Crippen molar-refractivity contribution in [3.8, 4) is 0 Å². The first-order chi connectivity index (χ1) is 10.1. The van der Waals surface area contributed by atoms with Gasteiger partial charge in [0, 0.05) is 18.0 Å². The Labute approximate surface area is 127 Å². The van der Waals surface area contributed by atoms with Crippen molar-refractivity contribution in [1.82, 2.24) is 4.90 Å². The first-order valence-corrected chi connectivity index (χ1v) is 7.83. The van der Waals surface area contributed by atoms with E-state index >= 15 is 0 Å². The number of fused-ring (bicyclic) bond motifs is 1. The van der Waals surface area contributed by atoms with Gasteiger partial charge in [-0.3, -0.25) is 9.69 Å². The number of carbonyl (C=O) groups is 1. The van der Waals surface area contributed by atoms with E-state index in [4.69, 9.17) is 0 Å². The normalized spacial score (nSPS) is 14.8. The van der Waals surface area contributed by atoms with Crippen LogP contribution in [0.2, 0.25) is 0 Å². The van der Waals surface area contributed by atoms with E-state index in [9.17, 15) is 9.18 Å². The minimum Gasteiger partial charge on any atom is -0.322 e. The summed E-state index contributed by atoms with van der Waals surface area (Å²) in [6, 6.07) is 6.94. The highest BCUT2D eigenvalue weighted by molar-refractivity contribution is 7.10. The number of benzene rings is 1. The molecule has 5 heteroatoms. The predicted octanol–water partition coefficient (Wildman–Crippen LogP) is 3.19. The van der Waals surface area contributed by atoms with E-state index in [-0.39, 0.29) is 17.4 Å². The van der Waals surface area contributed by atoms with E-state index in [0.717, 1.165) is 25.1 Å². The highest BCUT2D eigenvalue weighted by Crippen LogP contribution is 2.24. The molecule has 0 unspecified atom stereocenters. The molecule has 1 aliphatic heterocycles. The largest absolute Gasteiger partial charge is 0.322 e. The third kappa shape index (κ3) is 3.31. The van der Waals surface area contributed by atoms with Crippen molar-refractivity contribution in [1.29, 1.82) is 0 Å². The molecule has 1 aromatic carbocycles. The average Bonchev–Trinajstić information content (AvgIpc) is 2.89. The average molecular weight is 304 g/mol. The van der Waals surface area contributed by atoms with Crippen LogP contribution >= 0.6 is 11.3 Å². The van der Waals surface area contributed by atoms with Crippen molar-refractivity contribution in [2.45, 2.75) is 19.9 Å². The first kappa shape index (κ1) is 14.2. The third-order valence-electron chi connectivity index (χ3n) is 3.65. The SMILES string of the molecule is Cc1ccc(NC(=O)CN2CCc3sccc3C2)c(F)c1. The summed E-state index contributed by atoms with van der Waals surface area (Å²) in [4.78, 5) is 15.6. The number of hydrogen-bond acceptors (Lipinski definition) is 3. The van der Waals surface area contributed by atoms with Gasteiger partial charge in [0.05, 0.1) is 12.2 Å². The summed E-state index contributed by atoms with van der Waals surface area (Å²) >= 11 is 1.78. The lowest BCUT2D eigenvalue weighted by atomic mass is 10.1. The molecule has 0 bridgehead atoms. The molecular formula is C16H17FN2OS. The molecule has 0 saturated heterocycles. The maximum atomic E-state index is 13.7. The van der Waals surface area contributed by atoms with Crippen LogP contribution < -0.4 is 5.32 Å². The number of carbonyl (C=O) groups excluding carboxylic acids is 1. The Morgan fingerprint density at radius 1 is 1.43 bits per heavy atom. The Morgan fingerprint density at radius 3 is 3.10 bits per heavy atom. The molecule has 1 amide bonds. The summed E-state index contributed by atoms with van der Waals surface area (Å²) in [6.07, 6.45) is 0.985. The van der Waals surface area contributed by atoms with Crippen LogP contribution in [0.1, 0.15) is 16.0 Å². The van der Waals surface area contributed by atoms with Gasteiger partial charge in [0.15, 0.2) is 0 Å². The van der Waals surface area contributed by atoms with Crippen LogP contribution in [-0.2, 0) is 17.8 Å². The fourth-order valence-electron chi connectivity index (χ4n) is 2.56. The highest BCUT2D eigenvalue weighted by Gasteiger charge is 2.19. The lowest BCUT2D eigenvalue weighted by molar-refractivity contribution is -0.117. The summed E-state index contributed by atoms with van der Waals surface area (Å²) in [5.41, 5.74) is 2.39. The van der Waals surface area contributed by atoms with Crippen LogP contribution in [0.25, 0.3) is 0 Å². The van der Waals surface area contributed by atoms with Crippen LogP contribution in [0.3, 0.4) is 0 Å². The lowest BCUT2D eigenvalue weighted by Gasteiger charge is -2.26. The van der Waals surface area contributed by atoms with Crippen molar-refractivity contribution in [3.63, 3.8) is 0 Å². The van der Waals surface area contributed by atoms with Gasteiger partial charge in [-0.05, 0) is 48.1 Å². The summed E-state index contributed by atoms with van der Waals surface area (Å²) in [5.74, 6) is -0.557. The van der Waals surface area contributed by atoms with Crippen LogP contribution in [0.4, 0.5) is 10.1 Å². The Kier molecular flexibility index (Phi) is 4.03. The zero-order chi connectivity index (χ0) is 14.8. The topological polar surface area (TPSA) is 32.3 Å². The van der Waals surface area contributed by atoms with Crippen molar-refractivity contribution in [3.05, 3.63) is 51.5 Å². The number of rotatable bonds is 3. The Balaban J connectivity index is 1.60. The Hall–Kier alpha value is -1.72. The van der Waals surface area contributed by atoms with E-state index in [1.54, 1.807) is 23.5 Å². The van der Waals surface area contributed by atoms with Gasteiger partial charge < -0.3 is 5.32 Å². The second kappa shape index (κ2) is 5.95. The van der Waals surface area contributed by atoms with Gasteiger partial charge >= 0.3 is 0 Å². The van der Waals surface area contributed by atoms with E-state index in [1.807, 2.05) is 6.92 Å². The molecule has 0 atom stereocenters. The number of nitrogens with one attached hydrogen (secondary N) is 1. The summed E-state index contributed by atoms with van der Waals surface area (Å²) in [5, 5.41) is 4.74.